The third-order valence-corrected chi connectivity index (χ3v) is 3.43. The van der Waals surface area contributed by atoms with Gasteiger partial charge in [0.15, 0.2) is 6.10 Å². The highest BCUT2D eigenvalue weighted by atomic mass is 79.9. The van der Waals surface area contributed by atoms with Crippen LogP contribution >= 0.6 is 15.9 Å². The molecule has 16 heavy (non-hydrogen) atoms. The van der Waals surface area contributed by atoms with Crippen molar-refractivity contribution < 1.29 is 14.6 Å². The van der Waals surface area contributed by atoms with Crippen LogP contribution in [0, 0.1) is 20.8 Å². The minimum absolute atomic E-state index is 0.663. The molecule has 1 atom stereocenters. The summed E-state index contributed by atoms with van der Waals surface area (Å²) in [7, 11) is 0. The van der Waals surface area contributed by atoms with Crippen molar-refractivity contribution >= 4 is 21.9 Å². The molecule has 0 aliphatic rings. The van der Waals surface area contributed by atoms with Crippen molar-refractivity contribution in [1.82, 2.24) is 0 Å². The Morgan fingerprint density at radius 2 is 1.94 bits per heavy atom. The first-order valence-corrected chi connectivity index (χ1v) is 5.79. The summed E-state index contributed by atoms with van der Waals surface area (Å²) in [4.78, 5) is 10.7. The molecule has 0 aromatic heterocycles. The predicted molar refractivity (Wildman–Crippen MR) is 66.1 cm³/mol. The van der Waals surface area contributed by atoms with Gasteiger partial charge in [0.2, 0.25) is 0 Å². The zero-order valence-corrected chi connectivity index (χ0v) is 11.4. The number of hydrogen-bond donors (Lipinski definition) is 1. The monoisotopic (exact) mass is 286 g/mol. The molecule has 0 amide bonds. The van der Waals surface area contributed by atoms with E-state index in [1.807, 2.05) is 26.8 Å². The summed E-state index contributed by atoms with van der Waals surface area (Å²) >= 11 is 3.45. The molecule has 0 saturated carbocycles. The highest BCUT2D eigenvalue weighted by molar-refractivity contribution is 9.10. The normalized spacial score (nSPS) is 12.3. The zero-order valence-electron chi connectivity index (χ0n) is 9.80. The molecule has 0 aliphatic heterocycles. The van der Waals surface area contributed by atoms with E-state index >= 15 is 0 Å². The van der Waals surface area contributed by atoms with E-state index in [9.17, 15) is 4.79 Å². The highest BCUT2D eigenvalue weighted by Gasteiger charge is 2.17. The van der Waals surface area contributed by atoms with Crippen molar-refractivity contribution in [2.45, 2.75) is 33.8 Å². The summed E-state index contributed by atoms with van der Waals surface area (Å²) < 4.78 is 6.46. The van der Waals surface area contributed by atoms with Crippen LogP contribution in [-0.2, 0) is 4.79 Å². The lowest BCUT2D eigenvalue weighted by molar-refractivity contribution is -0.144. The quantitative estimate of drug-likeness (QED) is 0.928. The lowest BCUT2D eigenvalue weighted by atomic mass is 10.1. The number of halogens is 1. The molecule has 0 heterocycles. The van der Waals surface area contributed by atoms with Crippen molar-refractivity contribution in [3.63, 3.8) is 0 Å². The molecule has 0 spiro atoms. The Hall–Kier alpha value is -1.03. The van der Waals surface area contributed by atoms with Crippen LogP contribution in [-0.4, -0.2) is 17.2 Å². The Bertz CT molecular complexity index is 427. The molecular formula is C12H15BrO3. The fourth-order valence-electron chi connectivity index (χ4n) is 1.42. The molecule has 0 fully saturated rings. The number of carboxylic acid groups (broad SMARTS) is 1. The Morgan fingerprint density at radius 1 is 1.38 bits per heavy atom. The van der Waals surface area contributed by atoms with Crippen molar-refractivity contribution in [3.8, 4) is 5.75 Å². The number of aryl methyl sites for hydroxylation is 1. The maximum atomic E-state index is 10.7. The Kier molecular flexibility index (Phi) is 3.97. The van der Waals surface area contributed by atoms with Crippen LogP contribution in [0.2, 0.25) is 0 Å². The van der Waals surface area contributed by atoms with Gasteiger partial charge in [0.1, 0.15) is 5.75 Å². The SMILES string of the molecule is Cc1cc(Br)c(C)c(C)c1OC(C)C(=O)O. The van der Waals surface area contributed by atoms with Gasteiger partial charge >= 0.3 is 5.97 Å². The van der Waals surface area contributed by atoms with E-state index in [2.05, 4.69) is 15.9 Å². The average molecular weight is 287 g/mol. The Labute approximate surface area is 104 Å². The second kappa shape index (κ2) is 4.87. The largest absolute Gasteiger partial charge is 0.479 e. The van der Waals surface area contributed by atoms with Gasteiger partial charge in [-0.15, -0.1) is 0 Å². The van der Waals surface area contributed by atoms with E-state index in [1.165, 1.54) is 6.92 Å². The molecule has 1 rings (SSSR count). The second-order valence-corrected chi connectivity index (χ2v) is 4.71. The number of ether oxygens (including phenoxy) is 1. The molecule has 1 N–H and O–H groups in total. The van der Waals surface area contributed by atoms with Gasteiger partial charge in [-0.1, -0.05) is 15.9 Å². The molecule has 1 aromatic rings. The standard InChI is InChI=1S/C12H15BrO3/c1-6-5-10(13)7(2)8(3)11(6)16-9(4)12(14)15/h5,9H,1-4H3,(H,14,15). The van der Waals surface area contributed by atoms with Gasteiger partial charge in [-0.05, 0) is 50.5 Å². The second-order valence-electron chi connectivity index (χ2n) is 3.85. The van der Waals surface area contributed by atoms with Crippen LogP contribution < -0.4 is 4.74 Å². The molecule has 0 bridgehead atoms. The first kappa shape index (κ1) is 13.0. The lowest BCUT2D eigenvalue weighted by Gasteiger charge is -2.17. The molecule has 1 unspecified atom stereocenters. The van der Waals surface area contributed by atoms with Crippen LogP contribution in [0.5, 0.6) is 5.75 Å². The fourth-order valence-corrected chi connectivity index (χ4v) is 2.06. The van der Waals surface area contributed by atoms with Crippen LogP contribution in [0.25, 0.3) is 0 Å². The Morgan fingerprint density at radius 3 is 2.44 bits per heavy atom. The van der Waals surface area contributed by atoms with Gasteiger partial charge in [0.25, 0.3) is 0 Å². The fraction of sp³-hybridized carbons (Fsp3) is 0.417. The summed E-state index contributed by atoms with van der Waals surface area (Å²) in [5.41, 5.74) is 2.97. The third-order valence-electron chi connectivity index (χ3n) is 2.61. The predicted octanol–water partition coefficient (Wildman–Crippen LogP) is 3.23. The summed E-state index contributed by atoms with van der Waals surface area (Å²) in [6.07, 6.45) is -0.835. The van der Waals surface area contributed by atoms with Crippen LogP contribution in [0.4, 0.5) is 0 Å². The number of benzene rings is 1. The zero-order chi connectivity index (χ0) is 12.5. The molecular weight excluding hydrogens is 272 g/mol. The molecule has 1 aromatic carbocycles. The van der Waals surface area contributed by atoms with Gasteiger partial charge in [-0.25, -0.2) is 4.79 Å². The number of carbonyl (C=O) groups is 1. The minimum atomic E-state index is -0.959. The van der Waals surface area contributed by atoms with E-state index in [0.717, 1.165) is 21.2 Å². The molecule has 0 radical (unpaired) electrons. The van der Waals surface area contributed by atoms with Gasteiger partial charge in [-0.2, -0.15) is 0 Å². The maximum Gasteiger partial charge on any atom is 0.344 e. The topological polar surface area (TPSA) is 46.5 Å². The number of rotatable bonds is 3. The highest BCUT2D eigenvalue weighted by Crippen LogP contribution is 2.32. The lowest BCUT2D eigenvalue weighted by Crippen LogP contribution is -2.23. The number of hydrogen-bond acceptors (Lipinski definition) is 2. The van der Waals surface area contributed by atoms with E-state index in [-0.39, 0.29) is 0 Å². The van der Waals surface area contributed by atoms with E-state index in [1.54, 1.807) is 0 Å². The number of aliphatic carboxylic acids is 1. The van der Waals surface area contributed by atoms with Crippen LogP contribution in [0.3, 0.4) is 0 Å². The number of carboxylic acids is 1. The van der Waals surface area contributed by atoms with Crippen LogP contribution in [0.15, 0.2) is 10.5 Å². The van der Waals surface area contributed by atoms with Gasteiger partial charge < -0.3 is 9.84 Å². The maximum absolute atomic E-state index is 10.7. The van der Waals surface area contributed by atoms with Gasteiger partial charge in [0, 0.05) is 4.47 Å². The van der Waals surface area contributed by atoms with Gasteiger partial charge in [-0.3, -0.25) is 0 Å². The average Bonchev–Trinajstić information content (AvgIpc) is 2.20. The first-order chi connectivity index (χ1) is 7.34. The van der Waals surface area contributed by atoms with Crippen molar-refractivity contribution in [2.75, 3.05) is 0 Å². The van der Waals surface area contributed by atoms with E-state index in [0.29, 0.717) is 5.75 Å². The molecule has 88 valence electrons. The van der Waals surface area contributed by atoms with E-state index < -0.39 is 12.1 Å². The smallest absolute Gasteiger partial charge is 0.344 e. The Balaban J connectivity index is 3.14. The molecule has 3 nitrogen and oxygen atoms in total. The summed E-state index contributed by atoms with van der Waals surface area (Å²) in [5.74, 6) is -0.296. The first-order valence-electron chi connectivity index (χ1n) is 5.00. The van der Waals surface area contributed by atoms with Gasteiger partial charge in [0.05, 0.1) is 0 Å². The van der Waals surface area contributed by atoms with Crippen molar-refractivity contribution in [2.24, 2.45) is 0 Å². The van der Waals surface area contributed by atoms with E-state index in [4.69, 9.17) is 9.84 Å². The van der Waals surface area contributed by atoms with Crippen LogP contribution in [0.1, 0.15) is 23.6 Å². The summed E-state index contributed by atoms with van der Waals surface area (Å²) in [5, 5.41) is 8.81. The third kappa shape index (κ3) is 2.55. The summed E-state index contributed by atoms with van der Waals surface area (Å²) in [6.45, 7) is 7.33. The molecule has 0 saturated heterocycles. The van der Waals surface area contributed by atoms with Crippen molar-refractivity contribution in [3.05, 3.63) is 27.2 Å². The van der Waals surface area contributed by atoms with Crippen molar-refractivity contribution in [1.29, 1.82) is 0 Å². The molecule has 4 heteroatoms. The minimum Gasteiger partial charge on any atom is -0.479 e. The summed E-state index contributed by atoms with van der Waals surface area (Å²) in [6, 6.07) is 1.94. The molecule has 0 aliphatic carbocycles.